The number of alkyl halides is 5. The molecule has 15 heavy (non-hydrogen) atoms. The van der Waals surface area contributed by atoms with Gasteiger partial charge in [-0.15, -0.1) is 23.2 Å². The zero-order valence-electron chi connectivity index (χ0n) is 8.33. The predicted molar refractivity (Wildman–Crippen MR) is 54.7 cm³/mol. The Morgan fingerprint density at radius 1 is 1.20 bits per heavy atom. The van der Waals surface area contributed by atoms with Gasteiger partial charge in [0.05, 0.1) is 6.61 Å². The van der Waals surface area contributed by atoms with Crippen molar-refractivity contribution in [3.05, 3.63) is 0 Å². The van der Waals surface area contributed by atoms with Gasteiger partial charge in [0.1, 0.15) is 6.61 Å². The van der Waals surface area contributed by atoms with E-state index in [0.717, 1.165) is 0 Å². The average molecular weight is 268 g/mol. The van der Waals surface area contributed by atoms with E-state index in [1.165, 1.54) is 0 Å². The lowest BCUT2D eigenvalue weighted by molar-refractivity contribution is -0.173. The summed E-state index contributed by atoms with van der Waals surface area (Å²) in [6.45, 7) is 0.818. The maximum atomic E-state index is 11.7. The van der Waals surface area contributed by atoms with Crippen LogP contribution in [0.2, 0.25) is 0 Å². The third-order valence-electron chi connectivity index (χ3n) is 1.65. The topological polar surface area (TPSA) is 21.3 Å². The van der Waals surface area contributed by atoms with Crippen molar-refractivity contribution in [2.24, 2.45) is 0 Å². The second-order valence-electron chi connectivity index (χ2n) is 3.42. The van der Waals surface area contributed by atoms with Crippen LogP contribution in [-0.2, 0) is 4.74 Å². The van der Waals surface area contributed by atoms with E-state index in [2.05, 4.69) is 10.1 Å². The predicted octanol–water partition coefficient (Wildman–Crippen LogP) is 2.39. The fourth-order valence-electron chi connectivity index (χ4n) is 0.743. The van der Waals surface area contributed by atoms with E-state index in [9.17, 15) is 13.2 Å². The summed E-state index contributed by atoms with van der Waals surface area (Å²) in [6.07, 6.45) is -4.28. The van der Waals surface area contributed by atoms with Gasteiger partial charge in [0.15, 0.2) is 0 Å². The standard InChI is InChI=1S/C8H14Cl2F3NO/c1-7(4-9,5-10)14-2-3-15-6-8(11,12)13/h14H,2-6H2,1H3. The van der Waals surface area contributed by atoms with Crippen molar-refractivity contribution in [3.8, 4) is 0 Å². The molecule has 0 amide bonds. The first-order valence-corrected chi connectivity index (χ1v) is 5.41. The quantitative estimate of drug-likeness (QED) is 0.565. The van der Waals surface area contributed by atoms with Crippen molar-refractivity contribution in [3.63, 3.8) is 0 Å². The molecule has 0 unspecified atom stereocenters. The van der Waals surface area contributed by atoms with Crippen LogP contribution < -0.4 is 5.32 Å². The summed E-state index contributed by atoms with van der Waals surface area (Å²) < 4.78 is 39.4. The minimum Gasteiger partial charge on any atom is -0.371 e. The van der Waals surface area contributed by atoms with E-state index in [4.69, 9.17) is 23.2 Å². The van der Waals surface area contributed by atoms with Crippen LogP contribution in [-0.4, -0.2) is 43.2 Å². The lowest BCUT2D eigenvalue weighted by Crippen LogP contribution is -2.47. The molecule has 0 radical (unpaired) electrons. The highest BCUT2D eigenvalue weighted by Crippen LogP contribution is 2.14. The highest BCUT2D eigenvalue weighted by atomic mass is 35.5. The Hall–Kier alpha value is 0.290. The Morgan fingerprint density at radius 2 is 1.73 bits per heavy atom. The monoisotopic (exact) mass is 267 g/mol. The van der Waals surface area contributed by atoms with E-state index in [1.807, 2.05) is 0 Å². The maximum absolute atomic E-state index is 11.7. The van der Waals surface area contributed by atoms with Crippen molar-refractivity contribution in [1.82, 2.24) is 5.32 Å². The minimum absolute atomic E-state index is 0.0249. The van der Waals surface area contributed by atoms with Gasteiger partial charge in [-0.1, -0.05) is 0 Å². The van der Waals surface area contributed by atoms with Gasteiger partial charge in [0, 0.05) is 23.8 Å². The second kappa shape index (κ2) is 6.78. The molecule has 0 saturated carbocycles. The third-order valence-corrected chi connectivity index (χ3v) is 2.83. The van der Waals surface area contributed by atoms with Crippen molar-refractivity contribution in [1.29, 1.82) is 0 Å². The van der Waals surface area contributed by atoms with Crippen LogP contribution in [0.25, 0.3) is 0 Å². The summed E-state index contributed by atoms with van der Waals surface area (Å²) in [6, 6.07) is 0. The first-order chi connectivity index (χ1) is 6.83. The van der Waals surface area contributed by atoms with Crippen molar-refractivity contribution in [2.75, 3.05) is 31.5 Å². The molecule has 0 aliphatic carbocycles. The Kier molecular flexibility index (Phi) is 6.91. The summed E-state index contributed by atoms with van der Waals surface area (Å²) in [5.74, 6) is 0.575. The second-order valence-corrected chi connectivity index (χ2v) is 3.96. The average Bonchev–Trinajstić information content (AvgIpc) is 2.15. The zero-order chi connectivity index (χ0) is 11.9. The van der Waals surface area contributed by atoms with Gasteiger partial charge < -0.3 is 10.1 Å². The SMILES string of the molecule is CC(CCl)(CCl)NCCOCC(F)(F)F. The molecule has 92 valence electrons. The molecule has 0 aliphatic rings. The van der Waals surface area contributed by atoms with Gasteiger partial charge in [0.2, 0.25) is 0 Å². The molecule has 0 bridgehead atoms. The van der Waals surface area contributed by atoms with Crippen LogP contribution >= 0.6 is 23.2 Å². The van der Waals surface area contributed by atoms with E-state index < -0.39 is 18.3 Å². The molecule has 0 aliphatic heterocycles. The first-order valence-electron chi connectivity index (χ1n) is 4.34. The lowest BCUT2D eigenvalue weighted by atomic mass is 10.1. The molecule has 0 fully saturated rings. The maximum Gasteiger partial charge on any atom is 0.411 e. The molecule has 7 heteroatoms. The Bertz CT molecular complexity index is 174. The Labute approximate surface area is 97.1 Å². The largest absolute Gasteiger partial charge is 0.411 e. The summed E-state index contributed by atoms with van der Waals surface area (Å²) in [5.41, 5.74) is -0.468. The van der Waals surface area contributed by atoms with Crippen LogP contribution in [0.15, 0.2) is 0 Å². The highest BCUT2D eigenvalue weighted by molar-refractivity contribution is 6.22. The van der Waals surface area contributed by atoms with Gasteiger partial charge in [-0.3, -0.25) is 0 Å². The van der Waals surface area contributed by atoms with Crippen LogP contribution in [0.1, 0.15) is 6.92 Å². The zero-order valence-corrected chi connectivity index (χ0v) is 9.85. The van der Waals surface area contributed by atoms with Gasteiger partial charge in [-0.25, -0.2) is 0 Å². The van der Waals surface area contributed by atoms with Crippen LogP contribution in [0.3, 0.4) is 0 Å². The molecular weight excluding hydrogens is 254 g/mol. The summed E-state index contributed by atoms with van der Waals surface area (Å²) in [4.78, 5) is 0. The minimum atomic E-state index is -4.28. The number of rotatable bonds is 7. The molecule has 0 aromatic heterocycles. The molecule has 0 heterocycles. The van der Waals surface area contributed by atoms with E-state index in [1.54, 1.807) is 6.92 Å². The molecule has 1 N–H and O–H groups in total. The molecule has 0 spiro atoms. The fraction of sp³-hybridized carbons (Fsp3) is 1.00. The highest BCUT2D eigenvalue weighted by Gasteiger charge is 2.27. The molecule has 0 atom stereocenters. The fourth-order valence-corrected chi connectivity index (χ4v) is 1.22. The van der Waals surface area contributed by atoms with Gasteiger partial charge >= 0.3 is 6.18 Å². The number of ether oxygens (including phenoxy) is 1. The van der Waals surface area contributed by atoms with Crippen LogP contribution in [0.5, 0.6) is 0 Å². The van der Waals surface area contributed by atoms with Gasteiger partial charge in [-0.05, 0) is 6.92 Å². The number of hydrogen-bond donors (Lipinski definition) is 1. The molecular formula is C8H14Cl2F3NO. The number of halogens is 5. The Morgan fingerprint density at radius 3 is 2.13 bits per heavy atom. The summed E-state index contributed by atoms with van der Waals surface area (Å²) in [5, 5.41) is 2.93. The lowest BCUT2D eigenvalue weighted by Gasteiger charge is -2.25. The van der Waals surface area contributed by atoms with E-state index >= 15 is 0 Å². The normalized spacial score (nSPS) is 13.2. The van der Waals surface area contributed by atoms with E-state index in [-0.39, 0.29) is 24.9 Å². The molecule has 0 aromatic carbocycles. The molecule has 0 saturated heterocycles. The van der Waals surface area contributed by atoms with Crippen LogP contribution in [0, 0.1) is 0 Å². The van der Waals surface area contributed by atoms with Crippen molar-refractivity contribution < 1.29 is 17.9 Å². The van der Waals surface area contributed by atoms with Crippen LogP contribution in [0.4, 0.5) is 13.2 Å². The smallest absolute Gasteiger partial charge is 0.371 e. The van der Waals surface area contributed by atoms with Gasteiger partial charge in [-0.2, -0.15) is 13.2 Å². The summed E-state index contributed by atoms with van der Waals surface area (Å²) in [7, 11) is 0. The van der Waals surface area contributed by atoms with E-state index in [0.29, 0.717) is 0 Å². The molecule has 0 rings (SSSR count). The third kappa shape index (κ3) is 8.13. The number of nitrogens with one attached hydrogen (secondary N) is 1. The van der Waals surface area contributed by atoms with Crippen molar-refractivity contribution in [2.45, 2.75) is 18.6 Å². The van der Waals surface area contributed by atoms with Crippen molar-refractivity contribution >= 4 is 23.2 Å². The Balaban J connectivity index is 3.54. The summed E-state index contributed by atoms with van der Waals surface area (Å²) >= 11 is 11.3. The molecule has 2 nitrogen and oxygen atoms in total. The number of hydrogen-bond acceptors (Lipinski definition) is 2. The molecule has 0 aromatic rings. The first kappa shape index (κ1) is 15.3. The van der Waals surface area contributed by atoms with Gasteiger partial charge in [0.25, 0.3) is 0 Å².